The first-order valence-electron chi connectivity index (χ1n) is 28.8. The molecular weight excluding hydrogens is 1120 g/mol. The highest BCUT2D eigenvalue weighted by Crippen LogP contribution is 2.58. The highest BCUT2D eigenvalue weighted by molar-refractivity contribution is 6.35. The standard InChI is InChI=1S/C74H64F6N4O4/c1-44-16-14-15-19-62(44)71(51-17-12-11-13-18-51,52-30-38-63(81-8)45(2)40-52)53-31-39-64(46(3)41-53)84-66(86)59-37-29-55(43-61(59)68(84)88)72(73(75,76)77,74(78,79)80)54-28-36-58-60(42-54)67(87)83(65(58)85)57-34-26-50(27-35-57)70(6,7)48-22-20-47(21-23-48)69(4,5)49-24-32-56(33-25-49)82(9)10/h11-43,81H,1-10H3. The summed E-state index contributed by atoms with van der Waals surface area (Å²) in [4.78, 5) is 61.0. The van der Waals surface area contributed by atoms with Crippen molar-refractivity contribution in [3.63, 3.8) is 0 Å². The van der Waals surface area contributed by atoms with Crippen LogP contribution in [0, 0.1) is 20.8 Å². The fourth-order valence-electron chi connectivity index (χ4n) is 13.2. The summed E-state index contributed by atoms with van der Waals surface area (Å²) in [6, 6.07) is 55.8. The van der Waals surface area contributed by atoms with Crippen LogP contribution >= 0.6 is 0 Å². The number of anilines is 4. The van der Waals surface area contributed by atoms with Crippen LogP contribution in [0.25, 0.3) is 0 Å². The molecule has 9 aromatic carbocycles. The summed E-state index contributed by atoms with van der Waals surface area (Å²) in [7, 11) is 5.82. The lowest BCUT2D eigenvalue weighted by Crippen LogP contribution is -2.55. The predicted molar refractivity (Wildman–Crippen MR) is 334 cm³/mol. The number of amides is 4. The molecule has 14 heteroatoms. The van der Waals surface area contributed by atoms with Crippen LogP contribution in [-0.2, 0) is 21.7 Å². The zero-order valence-electron chi connectivity index (χ0n) is 50.3. The molecule has 9 aromatic rings. The molecule has 1 atom stereocenters. The van der Waals surface area contributed by atoms with Crippen LogP contribution in [-0.4, -0.2) is 57.1 Å². The molecular formula is C74H64F6N4O4. The lowest BCUT2D eigenvalue weighted by Gasteiger charge is -2.38. The van der Waals surface area contributed by atoms with Gasteiger partial charge < -0.3 is 10.2 Å². The summed E-state index contributed by atoms with van der Waals surface area (Å²) in [6.07, 6.45) is -12.3. The Morgan fingerprint density at radius 1 is 0.386 bits per heavy atom. The summed E-state index contributed by atoms with van der Waals surface area (Å²) in [6.45, 7) is 14.0. The highest BCUT2D eigenvalue weighted by Gasteiger charge is 2.73. The van der Waals surface area contributed by atoms with Gasteiger partial charge in [-0.25, -0.2) is 9.80 Å². The average Bonchev–Trinajstić information content (AvgIpc) is 0.948. The minimum absolute atomic E-state index is 0.0511. The number of halogens is 6. The van der Waals surface area contributed by atoms with Gasteiger partial charge in [-0.15, -0.1) is 0 Å². The number of nitrogens with zero attached hydrogens (tertiary/aromatic N) is 3. The monoisotopic (exact) mass is 1190 g/mol. The molecule has 0 fully saturated rings. The molecule has 2 aliphatic rings. The number of carbonyl (C=O) groups is 4. The normalized spacial score (nSPS) is 14.5. The van der Waals surface area contributed by atoms with Crippen LogP contribution in [0.3, 0.4) is 0 Å². The number of rotatable bonds is 14. The van der Waals surface area contributed by atoms with Crippen molar-refractivity contribution in [3.8, 4) is 0 Å². The Labute approximate surface area is 508 Å². The largest absolute Gasteiger partial charge is 0.411 e. The molecule has 11 rings (SSSR count). The van der Waals surface area contributed by atoms with E-state index in [9.17, 15) is 19.2 Å². The molecule has 0 bridgehead atoms. The quantitative estimate of drug-likeness (QED) is 0.0663. The number of nitrogens with one attached hydrogen (secondary N) is 1. The number of hydrogen-bond donors (Lipinski definition) is 1. The van der Waals surface area contributed by atoms with Crippen molar-refractivity contribution in [1.82, 2.24) is 0 Å². The third-order valence-corrected chi connectivity index (χ3v) is 18.3. The minimum Gasteiger partial charge on any atom is -0.388 e. The second-order valence-electron chi connectivity index (χ2n) is 24.2. The highest BCUT2D eigenvalue weighted by atomic mass is 19.4. The van der Waals surface area contributed by atoms with E-state index in [1.54, 1.807) is 31.2 Å². The van der Waals surface area contributed by atoms with Crippen LogP contribution in [0.5, 0.6) is 0 Å². The molecule has 8 nitrogen and oxygen atoms in total. The van der Waals surface area contributed by atoms with Gasteiger partial charge in [0.25, 0.3) is 23.6 Å². The molecule has 0 aromatic heterocycles. The van der Waals surface area contributed by atoms with Crippen molar-refractivity contribution in [2.75, 3.05) is 41.2 Å². The number of carbonyl (C=O) groups excluding carboxylic acids is 4. The van der Waals surface area contributed by atoms with Crippen molar-refractivity contribution in [2.45, 2.75) is 82.5 Å². The van der Waals surface area contributed by atoms with Crippen molar-refractivity contribution >= 4 is 46.4 Å². The Morgan fingerprint density at radius 2 is 0.795 bits per heavy atom. The molecule has 0 spiro atoms. The second kappa shape index (κ2) is 21.7. The van der Waals surface area contributed by atoms with Crippen LogP contribution in [0.15, 0.2) is 200 Å². The molecule has 4 amide bonds. The van der Waals surface area contributed by atoms with Crippen LogP contribution in [0.4, 0.5) is 49.1 Å². The van der Waals surface area contributed by atoms with E-state index < -0.39 is 85.6 Å². The fourth-order valence-corrected chi connectivity index (χ4v) is 13.2. The number of imide groups is 2. The van der Waals surface area contributed by atoms with Crippen molar-refractivity contribution in [1.29, 1.82) is 0 Å². The van der Waals surface area contributed by atoms with Gasteiger partial charge in [-0.2, -0.15) is 26.3 Å². The summed E-state index contributed by atoms with van der Waals surface area (Å²) in [5, 5.41) is 3.23. The van der Waals surface area contributed by atoms with Gasteiger partial charge in [0.15, 0.2) is 0 Å². The lowest BCUT2D eigenvalue weighted by atomic mass is 9.63. The molecule has 446 valence electrons. The zero-order valence-corrected chi connectivity index (χ0v) is 50.3. The van der Waals surface area contributed by atoms with Crippen LogP contribution in [0.1, 0.15) is 141 Å². The molecule has 0 saturated heterocycles. The number of hydrogen-bond acceptors (Lipinski definition) is 6. The molecule has 1 unspecified atom stereocenters. The van der Waals surface area contributed by atoms with Crippen molar-refractivity contribution < 1.29 is 45.5 Å². The Bertz CT molecular complexity index is 4250. The van der Waals surface area contributed by atoms with Gasteiger partial charge in [0.1, 0.15) is 0 Å². The molecule has 0 radical (unpaired) electrons. The lowest BCUT2D eigenvalue weighted by molar-refractivity contribution is -0.288. The van der Waals surface area contributed by atoms with E-state index in [-0.39, 0.29) is 16.8 Å². The average molecular weight is 1190 g/mol. The van der Waals surface area contributed by atoms with E-state index >= 15 is 26.3 Å². The predicted octanol–water partition coefficient (Wildman–Crippen LogP) is 16.8. The van der Waals surface area contributed by atoms with Gasteiger partial charge in [0, 0.05) is 43.3 Å². The smallest absolute Gasteiger partial charge is 0.388 e. The van der Waals surface area contributed by atoms with Gasteiger partial charge in [0.2, 0.25) is 5.41 Å². The van der Waals surface area contributed by atoms with E-state index in [0.717, 1.165) is 88.9 Å². The maximum absolute atomic E-state index is 16.0. The maximum Gasteiger partial charge on any atom is 0.411 e. The summed E-state index contributed by atoms with van der Waals surface area (Å²) < 4.78 is 96.0. The Hall–Kier alpha value is -9.56. The number of alkyl halides is 6. The first-order chi connectivity index (χ1) is 41.6. The molecule has 2 heterocycles. The molecule has 2 aliphatic heterocycles. The van der Waals surface area contributed by atoms with E-state index in [2.05, 4.69) is 61.6 Å². The first-order valence-corrected chi connectivity index (χ1v) is 28.8. The SMILES string of the molecule is CNc1ccc(C(c2ccccc2)(c2ccc(N3C(=O)c4ccc(C(c5ccc6c(c5)C(=O)N(c5ccc(C(C)(C)c7ccc(C(C)(C)c8ccc(N(C)C)cc8)cc7)cc5)C6=O)(C(F)(F)F)C(F)(F)F)cc4C3=O)c(C)c2)c2ccccc2C)cc1C. The van der Waals surface area contributed by atoms with Crippen molar-refractivity contribution in [3.05, 3.63) is 295 Å². The van der Waals surface area contributed by atoms with E-state index in [0.29, 0.717) is 29.8 Å². The zero-order chi connectivity index (χ0) is 63.2. The Morgan fingerprint density at radius 3 is 1.26 bits per heavy atom. The van der Waals surface area contributed by atoms with E-state index in [1.165, 1.54) is 12.1 Å². The van der Waals surface area contributed by atoms with Crippen molar-refractivity contribution in [2.24, 2.45) is 0 Å². The van der Waals surface area contributed by atoms with Gasteiger partial charge in [0.05, 0.1) is 39.0 Å². The van der Waals surface area contributed by atoms with Gasteiger partial charge in [-0.3, -0.25) is 19.2 Å². The summed E-state index contributed by atoms with van der Waals surface area (Å²) in [5.74, 6) is -4.16. The Kier molecular flexibility index (Phi) is 14.8. The topological polar surface area (TPSA) is 90.0 Å². The van der Waals surface area contributed by atoms with Gasteiger partial charge in [-0.05, 0) is 154 Å². The van der Waals surface area contributed by atoms with Gasteiger partial charge in [-0.1, -0.05) is 167 Å². The molecule has 0 aliphatic carbocycles. The van der Waals surface area contributed by atoms with E-state index in [1.807, 2.05) is 139 Å². The maximum atomic E-state index is 16.0. The molecule has 0 saturated carbocycles. The van der Waals surface area contributed by atoms with Crippen LogP contribution in [0.2, 0.25) is 0 Å². The number of aryl methyl sites for hydroxylation is 3. The third-order valence-electron chi connectivity index (χ3n) is 18.3. The summed E-state index contributed by atoms with van der Waals surface area (Å²) >= 11 is 0. The Balaban J connectivity index is 0.908. The summed E-state index contributed by atoms with van der Waals surface area (Å²) in [5.41, 5.74) is 0.228. The van der Waals surface area contributed by atoms with E-state index in [4.69, 9.17) is 0 Å². The fraction of sp³-hybridized carbons (Fsp3) is 0.216. The first kappa shape index (κ1) is 60.1. The second-order valence-corrected chi connectivity index (χ2v) is 24.2. The number of benzene rings is 9. The molecule has 1 N–H and O–H groups in total. The van der Waals surface area contributed by atoms with Crippen LogP contribution < -0.4 is 20.0 Å². The van der Waals surface area contributed by atoms with Gasteiger partial charge >= 0.3 is 12.4 Å². The number of fused-ring (bicyclic) bond motifs is 2. The third kappa shape index (κ3) is 9.37. The molecule has 88 heavy (non-hydrogen) atoms. The minimum atomic E-state index is -6.16.